The number of rotatable bonds is 4. The second kappa shape index (κ2) is 5.51. The van der Waals surface area contributed by atoms with Crippen LogP contribution in [0.3, 0.4) is 0 Å². The molecule has 1 N–H and O–H groups in total. The normalized spacial score (nSPS) is 10.0. The van der Waals surface area contributed by atoms with Crippen LogP contribution in [-0.2, 0) is 0 Å². The summed E-state index contributed by atoms with van der Waals surface area (Å²) in [5, 5.41) is 8.91. The molecular weight excluding hydrogens is 248 g/mol. The number of carboxylic acids is 1. The van der Waals surface area contributed by atoms with Gasteiger partial charge in [-0.05, 0) is 24.3 Å². The molecule has 0 radical (unpaired) electrons. The van der Waals surface area contributed by atoms with Gasteiger partial charge in [-0.3, -0.25) is 4.79 Å². The number of benzene rings is 2. The van der Waals surface area contributed by atoms with Crippen molar-refractivity contribution in [2.24, 2.45) is 0 Å². The van der Waals surface area contributed by atoms with Gasteiger partial charge in [0.2, 0.25) is 0 Å². The molecule has 0 unspecified atom stereocenters. The molecule has 2 aromatic carbocycles. The molecule has 0 saturated carbocycles. The number of carbonyl (C=O) groups excluding carboxylic acids is 1. The maximum atomic E-state index is 10.9. The predicted octanol–water partition coefficient (Wildman–Crippen LogP) is 3.35. The summed E-state index contributed by atoms with van der Waals surface area (Å²) in [6, 6.07) is 13.8. The maximum Gasteiger partial charge on any atom is 0.335 e. The number of hydrogen-bond acceptors (Lipinski definition) is 3. The fourth-order valence-corrected chi connectivity index (χ4v) is 2.46. The molecule has 4 heteroatoms. The van der Waals surface area contributed by atoms with Crippen LogP contribution in [0, 0.1) is 0 Å². The summed E-state index contributed by atoms with van der Waals surface area (Å²) in [5.74, 6) is -0.957. The van der Waals surface area contributed by atoms with E-state index in [1.807, 2.05) is 18.2 Å². The van der Waals surface area contributed by atoms with Gasteiger partial charge in [0.05, 0.1) is 5.56 Å². The highest BCUT2D eigenvalue weighted by atomic mass is 32.2. The zero-order valence-corrected chi connectivity index (χ0v) is 10.2. The molecule has 0 fully saturated rings. The lowest BCUT2D eigenvalue weighted by atomic mass is 10.2. The Balaban J connectivity index is 2.31. The third-order valence-corrected chi connectivity index (χ3v) is 3.44. The zero-order valence-electron chi connectivity index (χ0n) is 9.37. The van der Waals surface area contributed by atoms with E-state index in [-0.39, 0.29) is 5.56 Å². The van der Waals surface area contributed by atoms with Gasteiger partial charge in [0, 0.05) is 15.4 Å². The Hall–Kier alpha value is -2.07. The molecule has 0 saturated heterocycles. The lowest BCUT2D eigenvalue weighted by molar-refractivity contribution is 0.0696. The van der Waals surface area contributed by atoms with Crippen molar-refractivity contribution in [1.82, 2.24) is 0 Å². The van der Waals surface area contributed by atoms with Crippen LogP contribution in [0.25, 0.3) is 0 Å². The summed E-state index contributed by atoms with van der Waals surface area (Å²) in [6.45, 7) is 0. The van der Waals surface area contributed by atoms with Gasteiger partial charge < -0.3 is 5.11 Å². The Morgan fingerprint density at radius 3 is 2.61 bits per heavy atom. The van der Waals surface area contributed by atoms with E-state index < -0.39 is 5.97 Å². The molecule has 90 valence electrons. The average molecular weight is 258 g/mol. The van der Waals surface area contributed by atoms with Crippen molar-refractivity contribution in [3.05, 3.63) is 59.7 Å². The van der Waals surface area contributed by atoms with E-state index in [1.54, 1.807) is 24.3 Å². The van der Waals surface area contributed by atoms with Gasteiger partial charge in [-0.15, -0.1) is 0 Å². The number of carbonyl (C=O) groups is 2. The number of aldehydes is 1. The first-order valence-corrected chi connectivity index (χ1v) is 6.08. The second-order valence-electron chi connectivity index (χ2n) is 3.59. The van der Waals surface area contributed by atoms with Crippen molar-refractivity contribution >= 4 is 24.0 Å². The standard InChI is InChI=1S/C14H10O3S/c15-9-11-4-1-2-7-13(11)18-12-6-3-5-10(8-12)14(16)17/h1-9H,(H,16,17). The number of aromatic carboxylic acids is 1. The molecule has 18 heavy (non-hydrogen) atoms. The van der Waals surface area contributed by atoms with E-state index in [2.05, 4.69) is 0 Å². The van der Waals surface area contributed by atoms with Gasteiger partial charge >= 0.3 is 5.97 Å². The molecule has 2 aromatic rings. The first-order chi connectivity index (χ1) is 8.70. The van der Waals surface area contributed by atoms with Gasteiger partial charge in [0.15, 0.2) is 6.29 Å². The van der Waals surface area contributed by atoms with Crippen LogP contribution in [0.5, 0.6) is 0 Å². The minimum Gasteiger partial charge on any atom is -0.478 e. The summed E-state index contributed by atoms with van der Waals surface area (Å²) in [4.78, 5) is 23.4. The topological polar surface area (TPSA) is 54.4 Å². The largest absolute Gasteiger partial charge is 0.478 e. The van der Waals surface area contributed by atoms with Gasteiger partial charge in [0.25, 0.3) is 0 Å². The van der Waals surface area contributed by atoms with E-state index in [0.717, 1.165) is 16.1 Å². The fourth-order valence-electron chi connectivity index (χ4n) is 1.49. The van der Waals surface area contributed by atoms with E-state index >= 15 is 0 Å². The Morgan fingerprint density at radius 1 is 1.11 bits per heavy atom. The van der Waals surface area contributed by atoms with Crippen LogP contribution in [-0.4, -0.2) is 17.4 Å². The van der Waals surface area contributed by atoms with Crippen LogP contribution in [0.1, 0.15) is 20.7 Å². The Morgan fingerprint density at radius 2 is 1.89 bits per heavy atom. The van der Waals surface area contributed by atoms with Crippen LogP contribution in [0.4, 0.5) is 0 Å². The lowest BCUT2D eigenvalue weighted by Crippen LogP contribution is -1.95. The third kappa shape index (κ3) is 2.78. The molecule has 0 aromatic heterocycles. The first-order valence-electron chi connectivity index (χ1n) is 5.26. The second-order valence-corrected chi connectivity index (χ2v) is 4.71. The molecule has 0 aliphatic carbocycles. The van der Waals surface area contributed by atoms with Crippen molar-refractivity contribution in [2.45, 2.75) is 9.79 Å². The molecule has 0 heterocycles. The summed E-state index contributed by atoms with van der Waals surface area (Å²) >= 11 is 1.38. The molecule has 0 spiro atoms. The van der Waals surface area contributed by atoms with E-state index in [4.69, 9.17) is 5.11 Å². The Kier molecular flexibility index (Phi) is 3.79. The lowest BCUT2D eigenvalue weighted by Gasteiger charge is -2.05. The summed E-state index contributed by atoms with van der Waals surface area (Å²) in [5.41, 5.74) is 0.840. The number of carboxylic acid groups (broad SMARTS) is 1. The molecule has 0 aliphatic heterocycles. The SMILES string of the molecule is O=Cc1ccccc1Sc1cccc(C(=O)O)c1. The van der Waals surface area contributed by atoms with Crippen molar-refractivity contribution in [3.63, 3.8) is 0 Å². The van der Waals surface area contributed by atoms with Crippen molar-refractivity contribution in [2.75, 3.05) is 0 Å². The monoisotopic (exact) mass is 258 g/mol. The molecule has 0 amide bonds. The van der Waals surface area contributed by atoms with Crippen LogP contribution in [0.15, 0.2) is 58.3 Å². The predicted molar refractivity (Wildman–Crippen MR) is 69.4 cm³/mol. The average Bonchev–Trinajstić information content (AvgIpc) is 2.39. The molecule has 0 atom stereocenters. The Labute approximate surface area is 108 Å². The van der Waals surface area contributed by atoms with E-state index in [9.17, 15) is 9.59 Å². The van der Waals surface area contributed by atoms with E-state index in [1.165, 1.54) is 17.8 Å². The van der Waals surface area contributed by atoms with Crippen molar-refractivity contribution < 1.29 is 14.7 Å². The minimum atomic E-state index is -0.957. The smallest absolute Gasteiger partial charge is 0.335 e. The summed E-state index contributed by atoms with van der Waals surface area (Å²) in [7, 11) is 0. The quantitative estimate of drug-likeness (QED) is 0.854. The first kappa shape index (κ1) is 12.4. The van der Waals surface area contributed by atoms with E-state index in [0.29, 0.717) is 5.56 Å². The highest BCUT2D eigenvalue weighted by Crippen LogP contribution is 2.30. The van der Waals surface area contributed by atoms with Gasteiger partial charge in [-0.1, -0.05) is 36.0 Å². The fraction of sp³-hybridized carbons (Fsp3) is 0. The Bertz CT molecular complexity index is 593. The molecule has 2 rings (SSSR count). The summed E-state index contributed by atoms with van der Waals surface area (Å²) in [6.07, 6.45) is 0.795. The van der Waals surface area contributed by atoms with Gasteiger partial charge in [-0.25, -0.2) is 4.79 Å². The maximum absolute atomic E-state index is 10.9. The van der Waals surface area contributed by atoms with Gasteiger partial charge in [0.1, 0.15) is 0 Å². The van der Waals surface area contributed by atoms with Crippen molar-refractivity contribution in [3.8, 4) is 0 Å². The number of hydrogen-bond donors (Lipinski definition) is 1. The van der Waals surface area contributed by atoms with Crippen LogP contribution < -0.4 is 0 Å². The van der Waals surface area contributed by atoms with Crippen LogP contribution >= 0.6 is 11.8 Å². The molecular formula is C14H10O3S. The third-order valence-electron chi connectivity index (χ3n) is 2.35. The van der Waals surface area contributed by atoms with Crippen molar-refractivity contribution in [1.29, 1.82) is 0 Å². The minimum absolute atomic E-state index is 0.239. The molecule has 0 bridgehead atoms. The highest BCUT2D eigenvalue weighted by molar-refractivity contribution is 7.99. The highest BCUT2D eigenvalue weighted by Gasteiger charge is 2.06. The summed E-state index contributed by atoms with van der Waals surface area (Å²) < 4.78 is 0. The van der Waals surface area contributed by atoms with Gasteiger partial charge in [-0.2, -0.15) is 0 Å². The molecule has 3 nitrogen and oxygen atoms in total. The zero-order chi connectivity index (χ0) is 13.0. The molecule has 0 aliphatic rings. The van der Waals surface area contributed by atoms with Crippen LogP contribution in [0.2, 0.25) is 0 Å².